The highest BCUT2D eigenvalue weighted by Gasteiger charge is 2.28. The lowest BCUT2D eigenvalue weighted by Gasteiger charge is -2.34. The van der Waals surface area contributed by atoms with Gasteiger partial charge in [-0.1, -0.05) is 6.92 Å². The number of carbonyl (C=O) groups is 1. The summed E-state index contributed by atoms with van der Waals surface area (Å²) in [7, 11) is 0. The third-order valence-electron chi connectivity index (χ3n) is 3.73. The molecule has 0 radical (unpaired) electrons. The van der Waals surface area contributed by atoms with Crippen LogP contribution in [-0.2, 0) is 5.88 Å². The Hall–Kier alpha value is -0.960. The number of amides is 1. The monoisotopic (exact) mass is 269 g/mol. The molecule has 0 aromatic carbocycles. The molecule has 0 saturated carbocycles. The largest absolute Gasteiger partial charge is 0.456 e. The van der Waals surface area contributed by atoms with Gasteiger partial charge in [0.1, 0.15) is 5.76 Å². The standard InChI is InChI=1S/C14H20ClNO2/c1-3-12-6-4-5-7-16(12)14(17)13-8-11(9-15)10(2)18-13/h8,12H,3-7,9H2,1-2H3. The molecule has 2 heterocycles. The molecule has 1 saturated heterocycles. The van der Waals surface area contributed by atoms with Gasteiger partial charge in [-0.2, -0.15) is 0 Å². The van der Waals surface area contributed by atoms with Crippen LogP contribution in [0.2, 0.25) is 0 Å². The maximum Gasteiger partial charge on any atom is 0.289 e. The van der Waals surface area contributed by atoms with Crippen LogP contribution in [0.15, 0.2) is 10.5 Å². The number of halogens is 1. The van der Waals surface area contributed by atoms with Crippen LogP contribution in [0.5, 0.6) is 0 Å². The number of alkyl halides is 1. The van der Waals surface area contributed by atoms with Gasteiger partial charge < -0.3 is 9.32 Å². The number of nitrogens with zero attached hydrogens (tertiary/aromatic N) is 1. The van der Waals surface area contributed by atoms with Gasteiger partial charge >= 0.3 is 0 Å². The molecule has 0 aliphatic carbocycles. The first kappa shape index (κ1) is 13.5. The zero-order chi connectivity index (χ0) is 13.1. The summed E-state index contributed by atoms with van der Waals surface area (Å²) in [5.74, 6) is 1.59. The van der Waals surface area contributed by atoms with Crippen LogP contribution in [0.25, 0.3) is 0 Å². The van der Waals surface area contributed by atoms with Crippen LogP contribution in [0.4, 0.5) is 0 Å². The Bertz CT molecular complexity index is 427. The van der Waals surface area contributed by atoms with E-state index >= 15 is 0 Å². The van der Waals surface area contributed by atoms with E-state index in [4.69, 9.17) is 16.0 Å². The highest BCUT2D eigenvalue weighted by molar-refractivity contribution is 6.17. The first-order chi connectivity index (χ1) is 8.67. The van der Waals surface area contributed by atoms with Crippen LogP contribution >= 0.6 is 11.6 Å². The number of hydrogen-bond donors (Lipinski definition) is 0. The second-order valence-corrected chi connectivity index (χ2v) is 5.15. The molecule has 0 N–H and O–H groups in total. The molecule has 4 heteroatoms. The molecule has 1 amide bonds. The Morgan fingerprint density at radius 2 is 2.33 bits per heavy atom. The molecule has 2 rings (SSSR count). The first-order valence-corrected chi connectivity index (χ1v) is 7.17. The van der Waals surface area contributed by atoms with E-state index in [9.17, 15) is 4.79 Å². The molecule has 3 nitrogen and oxygen atoms in total. The van der Waals surface area contributed by atoms with Crippen molar-refractivity contribution in [3.63, 3.8) is 0 Å². The fourth-order valence-electron chi connectivity index (χ4n) is 2.59. The van der Waals surface area contributed by atoms with Gasteiger partial charge in [0, 0.05) is 18.2 Å². The minimum absolute atomic E-state index is 0.0148. The predicted octanol–water partition coefficient (Wildman–Crippen LogP) is 3.73. The Labute approximate surface area is 113 Å². The Balaban J connectivity index is 2.18. The number of rotatable bonds is 3. The number of hydrogen-bond acceptors (Lipinski definition) is 2. The third-order valence-corrected chi connectivity index (χ3v) is 4.02. The summed E-state index contributed by atoms with van der Waals surface area (Å²) in [5.41, 5.74) is 0.907. The normalized spacial score (nSPS) is 20.2. The van der Waals surface area contributed by atoms with Crippen molar-refractivity contribution >= 4 is 17.5 Å². The van der Waals surface area contributed by atoms with Gasteiger partial charge in [-0.15, -0.1) is 11.6 Å². The molecule has 18 heavy (non-hydrogen) atoms. The van der Waals surface area contributed by atoms with Crippen molar-refractivity contribution < 1.29 is 9.21 Å². The fourth-order valence-corrected chi connectivity index (χ4v) is 2.86. The summed E-state index contributed by atoms with van der Waals surface area (Å²) in [5, 5.41) is 0. The molecule has 0 bridgehead atoms. The Morgan fingerprint density at radius 1 is 1.56 bits per heavy atom. The molecular weight excluding hydrogens is 250 g/mol. The summed E-state index contributed by atoms with van der Waals surface area (Å²) >= 11 is 5.81. The van der Waals surface area contributed by atoms with E-state index in [1.807, 2.05) is 11.8 Å². The molecule has 100 valence electrons. The van der Waals surface area contributed by atoms with E-state index in [0.717, 1.165) is 37.1 Å². The highest BCUT2D eigenvalue weighted by atomic mass is 35.5. The molecule has 1 atom stereocenters. The number of likely N-dealkylation sites (tertiary alicyclic amines) is 1. The lowest BCUT2D eigenvalue weighted by Crippen LogP contribution is -2.43. The topological polar surface area (TPSA) is 33.5 Å². The SMILES string of the molecule is CCC1CCCCN1C(=O)c1cc(CCl)c(C)o1. The van der Waals surface area contributed by atoms with Gasteiger partial charge in [-0.25, -0.2) is 0 Å². The maximum absolute atomic E-state index is 12.4. The van der Waals surface area contributed by atoms with Crippen molar-refractivity contribution in [2.75, 3.05) is 6.54 Å². The summed E-state index contributed by atoms with van der Waals surface area (Å²) in [4.78, 5) is 14.4. The number of furan rings is 1. The van der Waals surface area contributed by atoms with Crippen LogP contribution in [0.3, 0.4) is 0 Å². The van der Waals surface area contributed by atoms with Gasteiger partial charge in [0.05, 0.1) is 5.88 Å². The molecule has 0 spiro atoms. The third kappa shape index (κ3) is 2.56. The summed E-state index contributed by atoms with van der Waals surface area (Å²) in [6.45, 7) is 4.82. The highest BCUT2D eigenvalue weighted by Crippen LogP contribution is 2.24. The summed E-state index contributed by atoms with van der Waals surface area (Å²) in [6, 6.07) is 2.14. The molecular formula is C14H20ClNO2. The molecule has 1 aromatic heterocycles. The summed E-state index contributed by atoms with van der Waals surface area (Å²) < 4.78 is 5.54. The molecule has 1 unspecified atom stereocenters. The second-order valence-electron chi connectivity index (χ2n) is 4.88. The van der Waals surface area contributed by atoms with E-state index in [2.05, 4.69) is 6.92 Å². The number of piperidine rings is 1. The zero-order valence-electron chi connectivity index (χ0n) is 11.0. The molecule has 1 fully saturated rings. The number of aryl methyl sites for hydroxylation is 1. The average molecular weight is 270 g/mol. The smallest absolute Gasteiger partial charge is 0.289 e. The van der Waals surface area contributed by atoms with Gasteiger partial charge in [-0.05, 0) is 38.7 Å². The first-order valence-electron chi connectivity index (χ1n) is 6.63. The van der Waals surface area contributed by atoms with Crippen molar-refractivity contribution in [3.8, 4) is 0 Å². The van der Waals surface area contributed by atoms with Crippen molar-refractivity contribution in [1.29, 1.82) is 0 Å². The van der Waals surface area contributed by atoms with E-state index in [1.165, 1.54) is 6.42 Å². The van der Waals surface area contributed by atoms with Crippen molar-refractivity contribution in [3.05, 3.63) is 23.2 Å². The van der Waals surface area contributed by atoms with E-state index < -0.39 is 0 Å². The fraction of sp³-hybridized carbons (Fsp3) is 0.643. The quantitative estimate of drug-likeness (QED) is 0.784. The lowest BCUT2D eigenvalue weighted by atomic mass is 10.00. The van der Waals surface area contributed by atoms with Gasteiger partial charge in [0.25, 0.3) is 5.91 Å². The Morgan fingerprint density at radius 3 is 2.94 bits per heavy atom. The van der Waals surface area contributed by atoms with E-state index in [0.29, 0.717) is 17.7 Å². The zero-order valence-corrected chi connectivity index (χ0v) is 11.8. The van der Waals surface area contributed by atoms with Gasteiger partial charge in [-0.3, -0.25) is 4.79 Å². The van der Waals surface area contributed by atoms with Crippen LogP contribution < -0.4 is 0 Å². The van der Waals surface area contributed by atoms with E-state index in [-0.39, 0.29) is 5.91 Å². The van der Waals surface area contributed by atoms with Crippen molar-refractivity contribution in [2.45, 2.75) is 51.5 Å². The van der Waals surface area contributed by atoms with Crippen molar-refractivity contribution in [1.82, 2.24) is 4.90 Å². The molecule has 1 aromatic rings. The Kier molecular flexibility index (Phi) is 4.33. The van der Waals surface area contributed by atoms with Crippen LogP contribution in [-0.4, -0.2) is 23.4 Å². The number of carbonyl (C=O) groups excluding carboxylic acids is 1. The molecule has 1 aliphatic heterocycles. The van der Waals surface area contributed by atoms with Gasteiger partial charge in [0.2, 0.25) is 0 Å². The van der Waals surface area contributed by atoms with Crippen molar-refractivity contribution in [2.24, 2.45) is 0 Å². The van der Waals surface area contributed by atoms with Crippen LogP contribution in [0.1, 0.15) is 54.5 Å². The maximum atomic E-state index is 12.4. The minimum atomic E-state index is 0.0148. The second kappa shape index (κ2) is 5.79. The predicted molar refractivity (Wildman–Crippen MR) is 72.0 cm³/mol. The average Bonchev–Trinajstić information content (AvgIpc) is 2.79. The molecule has 1 aliphatic rings. The lowest BCUT2D eigenvalue weighted by molar-refractivity contribution is 0.0574. The summed E-state index contributed by atoms with van der Waals surface area (Å²) in [6.07, 6.45) is 4.41. The van der Waals surface area contributed by atoms with Crippen LogP contribution in [0, 0.1) is 6.92 Å². The van der Waals surface area contributed by atoms with Gasteiger partial charge in [0.15, 0.2) is 5.76 Å². The minimum Gasteiger partial charge on any atom is -0.456 e. The van der Waals surface area contributed by atoms with E-state index in [1.54, 1.807) is 6.07 Å².